The highest BCUT2D eigenvalue weighted by Gasteiger charge is 2.43. The van der Waals surface area contributed by atoms with Crippen LogP contribution in [0.2, 0.25) is 0 Å². The van der Waals surface area contributed by atoms with Gasteiger partial charge in [0.2, 0.25) is 0 Å². The first-order valence-electron chi connectivity index (χ1n) is 11.1. The molecule has 224 valence electrons. The van der Waals surface area contributed by atoms with E-state index in [1.54, 1.807) is 0 Å². The Balaban J connectivity index is 2.22. The summed E-state index contributed by atoms with van der Waals surface area (Å²) in [5.74, 6) is -34.7. The molecule has 0 aromatic heterocycles. The number of halogens is 16. The smallest absolute Gasteiger partial charge is 0.206 e. The first-order chi connectivity index (χ1) is 19.9. The fourth-order valence-electron chi connectivity index (χ4n) is 4.75. The summed E-state index contributed by atoms with van der Waals surface area (Å²) in [6.45, 7) is 0. The molecule has 0 nitrogen and oxygen atoms in total. The van der Waals surface area contributed by atoms with Gasteiger partial charge in [0, 0.05) is 33.4 Å². The summed E-state index contributed by atoms with van der Waals surface area (Å²) in [5, 5.41) is -7.08. The molecule has 0 aliphatic rings. The summed E-state index contributed by atoms with van der Waals surface area (Å²) < 4.78 is 232. The van der Waals surface area contributed by atoms with Crippen LogP contribution < -0.4 is 0 Å². The molecule has 0 fully saturated rings. The zero-order valence-corrected chi connectivity index (χ0v) is 19.9. The summed E-state index contributed by atoms with van der Waals surface area (Å²) in [5.41, 5.74) is -11.3. The van der Waals surface area contributed by atoms with Gasteiger partial charge >= 0.3 is 6.18 Å². The lowest BCUT2D eigenvalue weighted by atomic mass is 9.84. The first-order valence-corrected chi connectivity index (χ1v) is 11.1. The molecule has 16 heteroatoms. The normalized spacial score (nSPS) is 12.2. The molecule has 0 radical (unpaired) electrons. The van der Waals surface area contributed by atoms with Gasteiger partial charge in [-0.1, -0.05) is 12.1 Å². The van der Waals surface area contributed by atoms with E-state index < -0.39 is 131 Å². The number of fused-ring (bicyclic) bond motifs is 2. The molecule has 0 N–H and O–H groups in total. The van der Waals surface area contributed by atoms with Crippen molar-refractivity contribution in [1.82, 2.24) is 0 Å². The molecule has 5 aromatic carbocycles. The van der Waals surface area contributed by atoms with Crippen LogP contribution in [0.4, 0.5) is 70.2 Å². The second-order valence-electron chi connectivity index (χ2n) is 8.77. The fraction of sp³-hybridized carbons (Fsp3) is 0.0370. The van der Waals surface area contributed by atoms with Crippen molar-refractivity contribution in [2.24, 2.45) is 0 Å². The van der Waals surface area contributed by atoms with Gasteiger partial charge in [-0.25, -0.2) is 57.1 Å². The average molecular weight is 632 g/mol. The predicted molar refractivity (Wildman–Crippen MR) is 117 cm³/mol. The standard InChI is InChI=1S/C27H4F16/c28-6-3-1-2-5-9(6)11(15-17(31)7(29)4-8(30)18(15)32)13-12(19(33)25(39)26(40)20(13)34)10(5)14-21(35)23(37)16(27(41,42)43)24(38)22(14)36/h1-4H. The maximum absolute atomic E-state index is 15.4. The highest BCUT2D eigenvalue weighted by Crippen LogP contribution is 2.51. The predicted octanol–water partition coefficient (Wildman–Crippen LogP) is 10.2. The number of benzene rings is 5. The van der Waals surface area contributed by atoms with E-state index in [0.29, 0.717) is 18.2 Å². The Morgan fingerprint density at radius 1 is 0.372 bits per heavy atom. The molecule has 0 saturated heterocycles. The third-order valence-corrected chi connectivity index (χ3v) is 6.46. The zero-order chi connectivity index (χ0) is 32.0. The Labute approximate surface area is 226 Å². The molecule has 0 bridgehead atoms. The van der Waals surface area contributed by atoms with Crippen molar-refractivity contribution in [2.45, 2.75) is 6.18 Å². The molecule has 0 spiro atoms. The lowest BCUT2D eigenvalue weighted by molar-refractivity contribution is -0.143. The van der Waals surface area contributed by atoms with Crippen molar-refractivity contribution in [3.05, 3.63) is 105 Å². The van der Waals surface area contributed by atoms with Crippen LogP contribution in [0, 0.1) is 75.6 Å². The van der Waals surface area contributed by atoms with Crippen molar-refractivity contribution < 1.29 is 70.2 Å². The second kappa shape index (κ2) is 9.77. The summed E-state index contributed by atoms with van der Waals surface area (Å²) in [4.78, 5) is 0. The van der Waals surface area contributed by atoms with Crippen molar-refractivity contribution >= 4 is 21.5 Å². The number of hydrogen-bond donors (Lipinski definition) is 0. The molecule has 0 amide bonds. The fourth-order valence-corrected chi connectivity index (χ4v) is 4.75. The van der Waals surface area contributed by atoms with E-state index in [-0.39, 0.29) is 6.07 Å². The van der Waals surface area contributed by atoms with E-state index in [9.17, 15) is 48.3 Å². The highest BCUT2D eigenvalue weighted by molar-refractivity contribution is 6.22. The van der Waals surface area contributed by atoms with Gasteiger partial charge in [0.05, 0.1) is 11.1 Å². The lowest BCUT2D eigenvalue weighted by Gasteiger charge is -2.21. The summed E-state index contributed by atoms with van der Waals surface area (Å²) in [6.07, 6.45) is -6.10. The van der Waals surface area contributed by atoms with Gasteiger partial charge < -0.3 is 0 Å². The Hall–Kier alpha value is -4.50. The van der Waals surface area contributed by atoms with Gasteiger partial charge in [-0.3, -0.25) is 0 Å². The van der Waals surface area contributed by atoms with Gasteiger partial charge in [0.15, 0.2) is 69.8 Å². The van der Waals surface area contributed by atoms with Crippen LogP contribution in [0.1, 0.15) is 5.56 Å². The van der Waals surface area contributed by atoms with Crippen LogP contribution in [0.5, 0.6) is 0 Å². The van der Waals surface area contributed by atoms with Gasteiger partial charge in [-0.15, -0.1) is 0 Å². The van der Waals surface area contributed by atoms with Crippen molar-refractivity contribution in [1.29, 1.82) is 0 Å². The second-order valence-corrected chi connectivity index (χ2v) is 8.77. The number of hydrogen-bond acceptors (Lipinski definition) is 0. The number of rotatable bonds is 2. The molecule has 0 aliphatic heterocycles. The molecule has 0 atom stereocenters. The largest absolute Gasteiger partial charge is 0.422 e. The van der Waals surface area contributed by atoms with E-state index in [1.807, 2.05) is 0 Å². The quantitative estimate of drug-likeness (QED) is 0.0787. The van der Waals surface area contributed by atoms with Gasteiger partial charge in [-0.05, 0) is 11.5 Å². The molecule has 5 aromatic rings. The minimum Gasteiger partial charge on any atom is -0.206 e. The summed E-state index contributed by atoms with van der Waals surface area (Å²) in [7, 11) is 0. The molecule has 5 rings (SSSR count). The first kappa shape index (κ1) is 30.0. The lowest BCUT2D eigenvalue weighted by Crippen LogP contribution is -2.16. The van der Waals surface area contributed by atoms with Crippen LogP contribution in [-0.4, -0.2) is 0 Å². The van der Waals surface area contributed by atoms with Crippen molar-refractivity contribution in [3.63, 3.8) is 0 Å². The third-order valence-electron chi connectivity index (χ3n) is 6.46. The molecular weight excluding hydrogens is 628 g/mol. The minimum absolute atomic E-state index is 0.349. The average Bonchev–Trinajstić information content (AvgIpc) is 2.92. The topological polar surface area (TPSA) is 0 Å². The molecule has 0 aliphatic carbocycles. The summed E-state index contributed by atoms with van der Waals surface area (Å²) >= 11 is 0. The van der Waals surface area contributed by atoms with Gasteiger partial charge in [0.1, 0.15) is 11.4 Å². The van der Waals surface area contributed by atoms with Gasteiger partial charge in [0.25, 0.3) is 0 Å². The van der Waals surface area contributed by atoms with E-state index in [1.165, 1.54) is 0 Å². The van der Waals surface area contributed by atoms with Crippen LogP contribution in [0.15, 0.2) is 24.3 Å². The van der Waals surface area contributed by atoms with Crippen molar-refractivity contribution in [2.75, 3.05) is 0 Å². The van der Waals surface area contributed by atoms with Crippen molar-refractivity contribution in [3.8, 4) is 22.3 Å². The SMILES string of the molecule is Fc1cc(F)c(F)c(-c2c3c(F)cccc3c(-c3c(F)c(F)c(C(F)(F)F)c(F)c3F)c3c(F)c(F)c(F)c(F)c23)c1F. The maximum Gasteiger partial charge on any atom is 0.422 e. The van der Waals surface area contributed by atoms with E-state index in [0.717, 1.165) is 0 Å². The summed E-state index contributed by atoms with van der Waals surface area (Å²) in [6, 6.07) is 0.949. The Bertz CT molecular complexity index is 1990. The minimum atomic E-state index is -6.10. The van der Waals surface area contributed by atoms with Crippen LogP contribution in [0.25, 0.3) is 43.8 Å². The highest BCUT2D eigenvalue weighted by atomic mass is 19.4. The van der Waals surface area contributed by atoms with E-state index in [2.05, 4.69) is 0 Å². The van der Waals surface area contributed by atoms with Crippen LogP contribution >= 0.6 is 0 Å². The Morgan fingerprint density at radius 2 is 0.814 bits per heavy atom. The number of alkyl halides is 3. The molecule has 0 unspecified atom stereocenters. The Kier molecular flexibility index (Phi) is 6.81. The molecular formula is C27H4F16. The van der Waals surface area contributed by atoms with Crippen LogP contribution in [0.3, 0.4) is 0 Å². The molecule has 43 heavy (non-hydrogen) atoms. The molecule has 0 heterocycles. The molecule has 0 saturated carbocycles. The van der Waals surface area contributed by atoms with Gasteiger partial charge in [-0.2, -0.15) is 13.2 Å². The van der Waals surface area contributed by atoms with Crippen LogP contribution in [-0.2, 0) is 6.18 Å². The monoisotopic (exact) mass is 632 g/mol. The third kappa shape index (κ3) is 4.09. The van der Waals surface area contributed by atoms with E-state index in [4.69, 9.17) is 0 Å². The van der Waals surface area contributed by atoms with E-state index >= 15 is 22.0 Å². The zero-order valence-electron chi connectivity index (χ0n) is 19.9. The Morgan fingerprint density at radius 3 is 1.28 bits per heavy atom. The maximum atomic E-state index is 15.4.